The van der Waals surface area contributed by atoms with E-state index in [1.165, 1.54) is 0 Å². The van der Waals surface area contributed by atoms with Crippen LogP contribution in [-0.4, -0.2) is 34.8 Å². The van der Waals surface area contributed by atoms with Gasteiger partial charge in [0.05, 0.1) is 4.47 Å². The molecule has 1 saturated heterocycles. The van der Waals surface area contributed by atoms with Gasteiger partial charge < -0.3 is 15.2 Å². The molecule has 2 aromatic carbocycles. The van der Waals surface area contributed by atoms with Crippen molar-refractivity contribution in [1.29, 1.82) is 0 Å². The van der Waals surface area contributed by atoms with Crippen LogP contribution < -0.4 is 5.32 Å². The number of carbonyl (C=O) groups is 2. The van der Waals surface area contributed by atoms with Gasteiger partial charge in [-0.2, -0.15) is 0 Å². The van der Waals surface area contributed by atoms with Crippen LogP contribution in [0.1, 0.15) is 23.3 Å². The van der Waals surface area contributed by atoms with Crippen molar-refractivity contribution in [2.24, 2.45) is 5.92 Å². The lowest BCUT2D eigenvalue weighted by Crippen LogP contribution is -2.41. The van der Waals surface area contributed by atoms with Crippen LogP contribution in [0.15, 0.2) is 59.1 Å². The van der Waals surface area contributed by atoms with Gasteiger partial charge in [0.15, 0.2) is 0 Å². The number of amides is 2. The first-order valence-corrected chi connectivity index (χ1v) is 9.84. The molecule has 0 saturated carbocycles. The summed E-state index contributed by atoms with van der Waals surface area (Å²) in [5, 5.41) is 3.96. The average Bonchev–Trinajstić information content (AvgIpc) is 3.05. The molecule has 138 valence electrons. The van der Waals surface area contributed by atoms with Crippen molar-refractivity contribution in [2.45, 2.75) is 12.8 Å². The summed E-state index contributed by atoms with van der Waals surface area (Å²) < 4.78 is 0.798. The summed E-state index contributed by atoms with van der Waals surface area (Å²) in [6.45, 7) is 1.15. The van der Waals surface area contributed by atoms with Crippen molar-refractivity contribution in [3.8, 4) is 0 Å². The molecule has 0 atom stereocenters. The van der Waals surface area contributed by atoms with Gasteiger partial charge in [-0.3, -0.25) is 9.59 Å². The molecule has 1 aromatic heterocycles. The van der Waals surface area contributed by atoms with Crippen LogP contribution in [0, 0.1) is 5.92 Å². The summed E-state index contributed by atoms with van der Waals surface area (Å²) >= 11 is 3.55. The molecule has 0 unspecified atom stereocenters. The van der Waals surface area contributed by atoms with Gasteiger partial charge in [0.1, 0.15) is 5.69 Å². The Morgan fingerprint density at radius 2 is 1.67 bits per heavy atom. The molecule has 1 aliphatic heterocycles. The molecule has 5 nitrogen and oxygen atoms in total. The highest BCUT2D eigenvalue weighted by atomic mass is 79.9. The molecule has 2 N–H and O–H groups in total. The lowest BCUT2D eigenvalue weighted by Gasteiger charge is -2.31. The van der Waals surface area contributed by atoms with E-state index in [9.17, 15) is 9.59 Å². The van der Waals surface area contributed by atoms with E-state index in [0.29, 0.717) is 31.6 Å². The summed E-state index contributed by atoms with van der Waals surface area (Å²) in [6, 6.07) is 17.3. The van der Waals surface area contributed by atoms with Crippen molar-refractivity contribution in [2.75, 3.05) is 18.4 Å². The molecule has 0 bridgehead atoms. The number of hydrogen-bond donors (Lipinski definition) is 2. The first-order valence-electron chi connectivity index (χ1n) is 9.05. The van der Waals surface area contributed by atoms with E-state index in [-0.39, 0.29) is 17.7 Å². The maximum absolute atomic E-state index is 12.9. The zero-order valence-corrected chi connectivity index (χ0v) is 16.3. The second kappa shape index (κ2) is 7.56. The smallest absolute Gasteiger partial charge is 0.271 e. The first kappa shape index (κ1) is 17.8. The molecule has 1 aliphatic rings. The number of nitrogens with one attached hydrogen (secondary N) is 2. The predicted molar refractivity (Wildman–Crippen MR) is 110 cm³/mol. The largest absolute Gasteiger partial charge is 0.350 e. The fraction of sp³-hybridized carbons (Fsp3) is 0.238. The van der Waals surface area contributed by atoms with E-state index >= 15 is 0 Å². The van der Waals surface area contributed by atoms with Crippen LogP contribution in [0.4, 0.5) is 5.69 Å². The van der Waals surface area contributed by atoms with Crippen LogP contribution in [0.25, 0.3) is 10.9 Å². The van der Waals surface area contributed by atoms with Crippen molar-refractivity contribution in [1.82, 2.24) is 9.88 Å². The molecule has 3 aromatic rings. The number of aromatic nitrogens is 1. The lowest BCUT2D eigenvalue weighted by atomic mass is 9.95. The summed E-state index contributed by atoms with van der Waals surface area (Å²) in [5.74, 6) is -0.0690. The number of piperidine rings is 1. The predicted octanol–water partition coefficient (Wildman–Crippen LogP) is 4.42. The quantitative estimate of drug-likeness (QED) is 0.651. The molecular formula is C21H20BrN3O2. The minimum absolute atomic E-state index is 0.0278. The van der Waals surface area contributed by atoms with Crippen LogP contribution in [0.2, 0.25) is 0 Å². The van der Waals surface area contributed by atoms with Gasteiger partial charge in [-0.15, -0.1) is 0 Å². The van der Waals surface area contributed by atoms with E-state index < -0.39 is 0 Å². The molecule has 0 radical (unpaired) electrons. The van der Waals surface area contributed by atoms with Crippen molar-refractivity contribution >= 4 is 44.3 Å². The number of halogens is 1. The highest BCUT2D eigenvalue weighted by Crippen LogP contribution is 2.29. The van der Waals surface area contributed by atoms with Gasteiger partial charge in [-0.05, 0) is 47.0 Å². The molecule has 1 fully saturated rings. The Kier molecular flexibility index (Phi) is 4.99. The first-order chi connectivity index (χ1) is 13.1. The standard InChI is InChI=1S/C21H20BrN3O2/c22-18-16-8-4-5-9-17(16)24-19(18)21(27)25-12-10-14(11-13-25)20(26)23-15-6-2-1-3-7-15/h1-9,14,24H,10-13H2,(H,23,26). The van der Waals surface area contributed by atoms with E-state index in [0.717, 1.165) is 21.1 Å². The molecule has 0 spiro atoms. The van der Waals surface area contributed by atoms with Crippen molar-refractivity contribution in [3.63, 3.8) is 0 Å². The number of fused-ring (bicyclic) bond motifs is 1. The molecule has 4 rings (SSSR count). The molecular weight excluding hydrogens is 406 g/mol. The normalized spacial score (nSPS) is 15.1. The van der Waals surface area contributed by atoms with Gasteiger partial charge >= 0.3 is 0 Å². The van der Waals surface area contributed by atoms with E-state index in [4.69, 9.17) is 0 Å². The second-order valence-corrected chi connectivity index (χ2v) is 7.57. The van der Waals surface area contributed by atoms with Gasteiger partial charge in [0.2, 0.25) is 5.91 Å². The fourth-order valence-electron chi connectivity index (χ4n) is 3.52. The average molecular weight is 426 g/mol. The molecule has 2 heterocycles. The topological polar surface area (TPSA) is 65.2 Å². The van der Waals surface area contributed by atoms with Gasteiger partial charge in [-0.25, -0.2) is 0 Å². The Labute approximate surface area is 165 Å². The Morgan fingerprint density at radius 3 is 2.37 bits per heavy atom. The summed E-state index contributed by atoms with van der Waals surface area (Å²) in [5.41, 5.74) is 2.32. The highest BCUT2D eigenvalue weighted by Gasteiger charge is 2.29. The van der Waals surface area contributed by atoms with Crippen LogP contribution in [0.5, 0.6) is 0 Å². The minimum atomic E-state index is -0.0691. The van der Waals surface area contributed by atoms with E-state index in [1.807, 2.05) is 59.5 Å². The monoisotopic (exact) mass is 425 g/mol. The molecule has 27 heavy (non-hydrogen) atoms. The van der Waals surface area contributed by atoms with Crippen molar-refractivity contribution in [3.05, 3.63) is 64.8 Å². The number of hydrogen-bond acceptors (Lipinski definition) is 2. The number of carbonyl (C=O) groups excluding carboxylic acids is 2. The third kappa shape index (κ3) is 3.62. The Balaban J connectivity index is 1.40. The second-order valence-electron chi connectivity index (χ2n) is 6.78. The summed E-state index contributed by atoms with van der Waals surface area (Å²) in [7, 11) is 0. The molecule has 0 aliphatic carbocycles. The van der Waals surface area contributed by atoms with Crippen LogP contribution in [-0.2, 0) is 4.79 Å². The SMILES string of the molecule is O=C(Nc1ccccc1)C1CCN(C(=O)c2[nH]c3ccccc3c2Br)CC1. The number of H-pyrrole nitrogens is 1. The van der Waals surface area contributed by atoms with Crippen LogP contribution in [0.3, 0.4) is 0 Å². The molecule has 2 amide bonds. The third-order valence-corrected chi connectivity index (χ3v) is 5.87. The number of para-hydroxylation sites is 2. The van der Waals surface area contributed by atoms with Crippen LogP contribution >= 0.6 is 15.9 Å². The zero-order chi connectivity index (χ0) is 18.8. The van der Waals surface area contributed by atoms with Gasteiger partial charge in [0, 0.05) is 35.6 Å². The molecule has 6 heteroatoms. The third-order valence-electron chi connectivity index (χ3n) is 5.05. The maximum Gasteiger partial charge on any atom is 0.271 e. The number of nitrogens with zero attached hydrogens (tertiary/aromatic N) is 1. The Bertz CT molecular complexity index is 976. The number of likely N-dealkylation sites (tertiary alicyclic amines) is 1. The van der Waals surface area contributed by atoms with Gasteiger partial charge in [0.25, 0.3) is 5.91 Å². The summed E-state index contributed by atoms with van der Waals surface area (Å²) in [6.07, 6.45) is 1.34. The van der Waals surface area contributed by atoms with Gasteiger partial charge in [-0.1, -0.05) is 36.4 Å². The maximum atomic E-state index is 12.9. The fourth-order valence-corrected chi connectivity index (χ4v) is 4.14. The van der Waals surface area contributed by atoms with E-state index in [2.05, 4.69) is 26.2 Å². The number of aromatic amines is 1. The zero-order valence-electron chi connectivity index (χ0n) is 14.7. The lowest BCUT2D eigenvalue weighted by molar-refractivity contribution is -0.121. The highest BCUT2D eigenvalue weighted by molar-refractivity contribution is 9.10. The number of rotatable bonds is 3. The minimum Gasteiger partial charge on any atom is -0.350 e. The Hall–Kier alpha value is -2.60. The number of anilines is 1. The van der Waals surface area contributed by atoms with Crippen molar-refractivity contribution < 1.29 is 9.59 Å². The summed E-state index contributed by atoms with van der Waals surface area (Å²) in [4.78, 5) is 30.4. The van der Waals surface area contributed by atoms with E-state index in [1.54, 1.807) is 0 Å². The number of benzene rings is 2. The Morgan fingerprint density at radius 1 is 1.00 bits per heavy atom.